The molecule has 6 heteroatoms. The van der Waals surface area contributed by atoms with Crippen LogP contribution in [0.5, 0.6) is 0 Å². The maximum atomic E-state index is 5.73. The van der Waals surface area contributed by atoms with Crippen LogP contribution >= 0.6 is 22.7 Å². The topological polar surface area (TPSA) is 64.9 Å². The van der Waals surface area contributed by atoms with E-state index in [-0.39, 0.29) is 0 Å². The van der Waals surface area contributed by atoms with Crippen molar-refractivity contribution >= 4 is 27.8 Å². The minimum absolute atomic E-state index is 0.581. The Hall–Kier alpha value is -1.66. The van der Waals surface area contributed by atoms with Crippen LogP contribution in [0.3, 0.4) is 0 Å². The van der Waals surface area contributed by atoms with Crippen molar-refractivity contribution in [2.45, 2.75) is 18.8 Å². The number of thiazole rings is 2. The molecule has 1 saturated carbocycles. The van der Waals surface area contributed by atoms with Crippen molar-refractivity contribution in [2.24, 2.45) is 0 Å². The average Bonchev–Trinajstić information content (AvgIpc) is 2.87. The van der Waals surface area contributed by atoms with Crippen LogP contribution in [-0.2, 0) is 0 Å². The van der Waals surface area contributed by atoms with Gasteiger partial charge >= 0.3 is 0 Å². The van der Waals surface area contributed by atoms with E-state index in [9.17, 15) is 0 Å². The molecule has 4 rings (SSSR count). The van der Waals surface area contributed by atoms with E-state index in [1.807, 2.05) is 17.5 Å². The van der Waals surface area contributed by atoms with Crippen LogP contribution in [0.2, 0.25) is 0 Å². The molecule has 0 aromatic carbocycles. The second-order valence-corrected chi connectivity index (χ2v) is 6.44. The molecule has 1 aliphatic carbocycles. The molecule has 3 aromatic heterocycles. The maximum Gasteiger partial charge on any atom is 0.180 e. The fraction of sp³-hybridized carbons (Fsp3) is 0.231. The molecule has 0 bridgehead atoms. The van der Waals surface area contributed by atoms with Crippen molar-refractivity contribution in [1.82, 2.24) is 9.97 Å². The molecule has 4 nitrogen and oxygen atoms in total. The molecule has 96 valence electrons. The molecule has 0 saturated heterocycles. The smallest absolute Gasteiger partial charge is 0.180 e. The average molecular weight is 289 g/mol. The van der Waals surface area contributed by atoms with Crippen molar-refractivity contribution in [3.63, 3.8) is 0 Å². The molecule has 0 atom stereocenters. The maximum absolute atomic E-state index is 5.73. The summed E-state index contributed by atoms with van der Waals surface area (Å²) >= 11 is 3.10. The van der Waals surface area contributed by atoms with Gasteiger partial charge in [-0.15, -0.1) is 22.7 Å². The fourth-order valence-corrected chi connectivity index (χ4v) is 3.76. The largest absolute Gasteiger partial charge is 0.462 e. The van der Waals surface area contributed by atoms with Gasteiger partial charge < -0.3 is 10.2 Å². The highest BCUT2D eigenvalue weighted by molar-refractivity contribution is 7.19. The van der Waals surface area contributed by atoms with Gasteiger partial charge in [0.15, 0.2) is 15.9 Å². The van der Waals surface area contributed by atoms with Crippen LogP contribution in [0, 0.1) is 0 Å². The summed E-state index contributed by atoms with van der Waals surface area (Å²) in [6.45, 7) is 0. The van der Waals surface area contributed by atoms with Crippen LogP contribution in [0.4, 0.5) is 5.13 Å². The van der Waals surface area contributed by atoms with E-state index in [2.05, 4.69) is 4.98 Å². The van der Waals surface area contributed by atoms with Crippen molar-refractivity contribution in [2.75, 3.05) is 5.73 Å². The predicted octanol–water partition coefficient (Wildman–Crippen LogP) is 3.99. The number of hydrogen-bond acceptors (Lipinski definition) is 6. The molecule has 0 radical (unpaired) electrons. The van der Waals surface area contributed by atoms with Crippen molar-refractivity contribution in [1.29, 1.82) is 0 Å². The number of nitrogen functional groups attached to an aromatic ring is 1. The quantitative estimate of drug-likeness (QED) is 0.792. The standard InChI is InChI=1S/C13H11N3OS2/c14-13-15-8(6-18-13)11-10(7-3-4-7)16-12(19-11)9-2-1-5-17-9/h1-2,5-7H,3-4H2,(H2,14,15). The zero-order valence-electron chi connectivity index (χ0n) is 10.00. The van der Waals surface area contributed by atoms with E-state index in [1.54, 1.807) is 17.6 Å². The third kappa shape index (κ3) is 1.97. The number of nitrogens with two attached hydrogens (primary N) is 1. The number of aromatic nitrogens is 2. The number of rotatable bonds is 3. The Bertz CT molecular complexity index is 710. The number of hydrogen-bond donors (Lipinski definition) is 1. The highest BCUT2D eigenvalue weighted by Crippen LogP contribution is 2.47. The number of nitrogens with zero attached hydrogens (tertiary/aromatic N) is 2. The van der Waals surface area contributed by atoms with Crippen LogP contribution < -0.4 is 5.73 Å². The highest BCUT2D eigenvalue weighted by Gasteiger charge is 2.31. The van der Waals surface area contributed by atoms with Gasteiger partial charge in [-0.1, -0.05) is 0 Å². The van der Waals surface area contributed by atoms with Gasteiger partial charge in [0.1, 0.15) is 0 Å². The molecule has 3 heterocycles. The molecule has 1 aliphatic rings. The zero-order valence-corrected chi connectivity index (χ0v) is 11.6. The summed E-state index contributed by atoms with van der Waals surface area (Å²) in [7, 11) is 0. The summed E-state index contributed by atoms with van der Waals surface area (Å²) in [5.74, 6) is 1.40. The van der Waals surface area contributed by atoms with Gasteiger partial charge in [-0.3, -0.25) is 0 Å². The Morgan fingerprint density at radius 3 is 2.84 bits per heavy atom. The van der Waals surface area contributed by atoms with E-state index in [0.717, 1.165) is 27.0 Å². The molecule has 0 unspecified atom stereocenters. The molecule has 0 spiro atoms. The first kappa shape index (κ1) is 11.2. The summed E-state index contributed by atoms with van der Waals surface area (Å²) in [4.78, 5) is 10.3. The molecule has 19 heavy (non-hydrogen) atoms. The Kier molecular flexibility index (Phi) is 2.46. The lowest BCUT2D eigenvalue weighted by molar-refractivity contribution is 0.581. The summed E-state index contributed by atoms with van der Waals surface area (Å²) < 4.78 is 5.43. The molecule has 2 N–H and O–H groups in total. The zero-order chi connectivity index (χ0) is 12.8. The number of furan rings is 1. The van der Waals surface area contributed by atoms with Crippen LogP contribution in [0.25, 0.3) is 21.3 Å². The van der Waals surface area contributed by atoms with Gasteiger partial charge in [-0.2, -0.15) is 0 Å². The first-order chi connectivity index (χ1) is 9.31. The summed E-state index contributed by atoms with van der Waals surface area (Å²) in [5.41, 5.74) is 7.83. The molecule has 3 aromatic rings. The Morgan fingerprint density at radius 1 is 1.32 bits per heavy atom. The lowest BCUT2D eigenvalue weighted by atomic mass is 10.2. The van der Waals surface area contributed by atoms with Crippen molar-refractivity contribution in [3.8, 4) is 21.3 Å². The molecular formula is C13H11N3OS2. The first-order valence-electron chi connectivity index (χ1n) is 6.07. The lowest BCUT2D eigenvalue weighted by Crippen LogP contribution is -1.86. The summed E-state index contributed by atoms with van der Waals surface area (Å²) in [5, 5.41) is 3.53. The molecule has 0 amide bonds. The van der Waals surface area contributed by atoms with E-state index in [0.29, 0.717) is 11.0 Å². The monoisotopic (exact) mass is 289 g/mol. The molecular weight excluding hydrogens is 278 g/mol. The van der Waals surface area contributed by atoms with Gasteiger partial charge in [-0.25, -0.2) is 9.97 Å². The van der Waals surface area contributed by atoms with Crippen LogP contribution in [0.15, 0.2) is 28.2 Å². The van der Waals surface area contributed by atoms with Crippen LogP contribution in [-0.4, -0.2) is 9.97 Å². The Labute approximate surface area is 117 Å². The third-order valence-corrected chi connectivity index (χ3v) is 4.89. The first-order valence-corrected chi connectivity index (χ1v) is 7.77. The van der Waals surface area contributed by atoms with Crippen LogP contribution in [0.1, 0.15) is 24.5 Å². The second-order valence-electron chi connectivity index (χ2n) is 4.56. The van der Waals surface area contributed by atoms with Gasteiger partial charge in [0.05, 0.1) is 22.5 Å². The highest BCUT2D eigenvalue weighted by atomic mass is 32.1. The van der Waals surface area contributed by atoms with E-state index < -0.39 is 0 Å². The second kappa shape index (κ2) is 4.18. The van der Waals surface area contributed by atoms with E-state index in [4.69, 9.17) is 15.1 Å². The fourth-order valence-electron chi connectivity index (χ4n) is 2.05. The third-order valence-electron chi connectivity index (χ3n) is 3.10. The van der Waals surface area contributed by atoms with Crippen molar-refractivity contribution < 1.29 is 4.42 Å². The van der Waals surface area contributed by atoms with Gasteiger partial charge in [0, 0.05) is 11.3 Å². The lowest BCUT2D eigenvalue weighted by Gasteiger charge is -1.94. The van der Waals surface area contributed by atoms with Gasteiger partial charge in [0.2, 0.25) is 0 Å². The SMILES string of the molecule is Nc1nc(-c2sc(-c3ccco3)nc2C2CC2)cs1. The van der Waals surface area contributed by atoms with Gasteiger partial charge in [-0.05, 0) is 25.0 Å². The Morgan fingerprint density at radius 2 is 2.21 bits per heavy atom. The minimum atomic E-state index is 0.581. The van der Waals surface area contributed by atoms with E-state index in [1.165, 1.54) is 24.2 Å². The molecule has 1 fully saturated rings. The van der Waals surface area contributed by atoms with E-state index >= 15 is 0 Å². The normalized spacial score (nSPS) is 14.9. The van der Waals surface area contributed by atoms with Crippen molar-refractivity contribution in [3.05, 3.63) is 29.5 Å². The number of anilines is 1. The molecule has 0 aliphatic heterocycles. The summed E-state index contributed by atoms with van der Waals surface area (Å²) in [6, 6.07) is 3.82. The summed E-state index contributed by atoms with van der Waals surface area (Å²) in [6.07, 6.45) is 4.11. The Balaban J connectivity index is 1.84. The predicted molar refractivity (Wildman–Crippen MR) is 77.3 cm³/mol. The van der Waals surface area contributed by atoms with Gasteiger partial charge in [0.25, 0.3) is 0 Å². The minimum Gasteiger partial charge on any atom is -0.462 e.